The maximum absolute atomic E-state index is 9.70. The van der Waals surface area contributed by atoms with Crippen LogP contribution < -0.4 is 0 Å². The summed E-state index contributed by atoms with van der Waals surface area (Å²) in [6.45, 7) is 3.12. The van der Waals surface area contributed by atoms with Crippen LogP contribution in [-0.2, 0) is 4.79 Å². The van der Waals surface area contributed by atoms with Crippen molar-refractivity contribution < 1.29 is 9.90 Å². The van der Waals surface area contributed by atoms with Gasteiger partial charge in [0.25, 0.3) is 0 Å². The number of nitriles is 1. The number of carboxylic acids is 1. The fourth-order valence-corrected chi connectivity index (χ4v) is 0.181. The van der Waals surface area contributed by atoms with Crippen LogP contribution in [0.1, 0.15) is 0 Å². The smallest absolute Gasteiger partial charge is 0.312 e. The highest BCUT2D eigenvalue weighted by Crippen LogP contribution is 1.90. The first-order chi connectivity index (χ1) is 3.66. The molecule has 0 rings (SSSR count). The van der Waals surface area contributed by atoms with Crippen molar-refractivity contribution in [1.82, 2.24) is 0 Å². The average Bonchev–Trinajstić information content (AvgIpc) is 1.65. The van der Waals surface area contributed by atoms with E-state index in [9.17, 15) is 4.79 Å². The third-order valence-corrected chi connectivity index (χ3v) is 0.441. The maximum atomic E-state index is 9.70. The van der Waals surface area contributed by atoms with Crippen LogP contribution in [0.25, 0.3) is 0 Å². The minimum Gasteiger partial charge on any atom is -0.481 e. The van der Waals surface area contributed by atoms with Crippen LogP contribution in [0.5, 0.6) is 0 Å². The van der Waals surface area contributed by atoms with E-state index in [1.54, 1.807) is 6.07 Å². The lowest BCUT2D eigenvalue weighted by Gasteiger charge is -1.82. The average molecular weight is 110 g/mol. The molecule has 41 valence electrons. The van der Waals surface area contributed by atoms with Crippen molar-refractivity contribution in [2.24, 2.45) is 0 Å². The SMILES string of the molecule is C=C(C#N)[CH]C(=O)O. The zero-order valence-electron chi connectivity index (χ0n) is 4.09. The van der Waals surface area contributed by atoms with Crippen molar-refractivity contribution in [3.63, 3.8) is 0 Å². The summed E-state index contributed by atoms with van der Waals surface area (Å²) in [5.41, 5.74) is -0.0440. The van der Waals surface area contributed by atoms with Crippen molar-refractivity contribution in [1.29, 1.82) is 5.26 Å². The molecule has 0 aromatic carbocycles. The molecule has 1 radical (unpaired) electrons. The monoisotopic (exact) mass is 110 g/mol. The van der Waals surface area contributed by atoms with Gasteiger partial charge in [-0.1, -0.05) is 6.58 Å². The van der Waals surface area contributed by atoms with E-state index in [0.717, 1.165) is 6.42 Å². The standard InChI is InChI=1S/C5H4NO2/c1-4(3-6)2-5(7)8/h2H,1H2,(H,7,8). The molecule has 0 saturated carbocycles. The van der Waals surface area contributed by atoms with Gasteiger partial charge in [0, 0.05) is 5.57 Å². The molecule has 0 aromatic rings. The van der Waals surface area contributed by atoms with Crippen LogP contribution in [0.2, 0.25) is 0 Å². The Morgan fingerprint density at radius 2 is 2.38 bits per heavy atom. The lowest BCUT2D eigenvalue weighted by Crippen LogP contribution is -1.95. The number of aliphatic carboxylic acids is 1. The zero-order valence-corrected chi connectivity index (χ0v) is 4.09. The molecule has 0 aliphatic carbocycles. The largest absolute Gasteiger partial charge is 0.481 e. The lowest BCUT2D eigenvalue weighted by molar-refractivity contribution is -0.132. The van der Waals surface area contributed by atoms with E-state index in [1.165, 1.54) is 0 Å². The third kappa shape index (κ3) is 2.91. The van der Waals surface area contributed by atoms with E-state index in [0.29, 0.717) is 0 Å². The fraction of sp³-hybridized carbons (Fsp3) is 0. The first-order valence-electron chi connectivity index (χ1n) is 1.83. The molecule has 0 aliphatic heterocycles. The summed E-state index contributed by atoms with van der Waals surface area (Å²) in [7, 11) is 0. The molecule has 8 heavy (non-hydrogen) atoms. The highest BCUT2D eigenvalue weighted by Gasteiger charge is 1.98. The Kier molecular flexibility index (Phi) is 2.35. The Labute approximate surface area is 46.9 Å². The van der Waals surface area contributed by atoms with Crippen molar-refractivity contribution in [2.45, 2.75) is 0 Å². The van der Waals surface area contributed by atoms with E-state index < -0.39 is 5.97 Å². The van der Waals surface area contributed by atoms with Crippen LogP contribution in [0.3, 0.4) is 0 Å². The van der Waals surface area contributed by atoms with Crippen LogP contribution in [-0.4, -0.2) is 11.1 Å². The second-order valence-electron chi connectivity index (χ2n) is 1.12. The number of rotatable bonds is 2. The summed E-state index contributed by atoms with van der Waals surface area (Å²) in [6.07, 6.45) is 0.750. The predicted molar refractivity (Wildman–Crippen MR) is 26.7 cm³/mol. The molecule has 0 aromatic heterocycles. The molecule has 0 atom stereocenters. The molecule has 3 nitrogen and oxygen atoms in total. The summed E-state index contributed by atoms with van der Waals surface area (Å²) in [6, 6.07) is 1.57. The predicted octanol–water partition coefficient (Wildman–Crippen LogP) is 0.355. The van der Waals surface area contributed by atoms with E-state index in [1.807, 2.05) is 0 Å². The van der Waals surface area contributed by atoms with Crippen LogP contribution in [0, 0.1) is 17.8 Å². The van der Waals surface area contributed by atoms with E-state index in [2.05, 4.69) is 6.58 Å². The van der Waals surface area contributed by atoms with Crippen LogP contribution >= 0.6 is 0 Å². The van der Waals surface area contributed by atoms with Crippen molar-refractivity contribution in [2.75, 3.05) is 0 Å². The molecule has 0 spiro atoms. The zero-order chi connectivity index (χ0) is 6.57. The number of nitrogens with zero attached hydrogens (tertiary/aromatic N) is 1. The molecule has 0 fully saturated rings. The molecular weight excluding hydrogens is 106 g/mol. The molecule has 0 bridgehead atoms. The summed E-state index contributed by atoms with van der Waals surface area (Å²) in [5, 5.41) is 15.9. The van der Waals surface area contributed by atoms with Gasteiger partial charge in [-0.3, -0.25) is 4.79 Å². The molecule has 0 unspecified atom stereocenters. The topological polar surface area (TPSA) is 61.1 Å². The van der Waals surface area contributed by atoms with Crippen LogP contribution in [0.15, 0.2) is 12.2 Å². The Morgan fingerprint density at radius 1 is 1.88 bits per heavy atom. The Bertz CT molecular complexity index is 154. The molecule has 1 N–H and O–H groups in total. The number of carbonyl (C=O) groups is 1. The number of carboxylic acid groups (broad SMARTS) is 1. The van der Waals surface area contributed by atoms with E-state index >= 15 is 0 Å². The normalized spacial score (nSPS) is 7.38. The van der Waals surface area contributed by atoms with Gasteiger partial charge < -0.3 is 5.11 Å². The molecular formula is C5H4NO2. The van der Waals surface area contributed by atoms with Gasteiger partial charge in [0.15, 0.2) is 0 Å². The van der Waals surface area contributed by atoms with Crippen molar-refractivity contribution >= 4 is 5.97 Å². The van der Waals surface area contributed by atoms with Crippen molar-refractivity contribution in [3.8, 4) is 6.07 Å². The summed E-state index contributed by atoms with van der Waals surface area (Å²) in [4.78, 5) is 9.70. The first-order valence-corrected chi connectivity index (χ1v) is 1.83. The van der Waals surface area contributed by atoms with Gasteiger partial charge in [-0.25, -0.2) is 0 Å². The Hall–Kier alpha value is -1.30. The maximum Gasteiger partial charge on any atom is 0.312 e. The fourth-order valence-electron chi connectivity index (χ4n) is 0.181. The quantitative estimate of drug-likeness (QED) is 0.522. The van der Waals surface area contributed by atoms with Gasteiger partial charge in [-0.15, -0.1) is 0 Å². The molecule has 0 aliphatic rings. The van der Waals surface area contributed by atoms with E-state index in [-0.39, 0.29) is 5.57 Å². The lowest BCUT2D eigenvalue weighted by atomic mass is 10.2. The van der Waals surface area contributed by atoms with Gasteiger partial charge in [0.1, 0.15) is 6.42 Å². The minimum absolute atomic E-state index is 0.0440. The number of hydrogen-bond acceptors (Lipinski definition) is 2. The van der Waals surface area contributed by atoms with Gasteiger partial charge in [-0.2, -0.15) is 5.26 Å². The Morgan fingerprint density at radius 3 is 2.50 bits per heavy atom. The highest BCUT2D eigenvalue weighted by molar-refractivity contribution is 5.82. The van der Waals surface area contributed by atoms with Crippen LogP contribution in [0.4, 0.5) is 0 Å². The second kappa shape index (κ2) is 2.80. The van der Waals surface area contributed by atoms with Gasteiger partial charge in [0.2, 0.25) is 0 Å². The van der Waals surface area contributed by atoms with Gasteiger partial charge >= 0.3 is 5.97 Å². The first kappa shape index (κ1) is 6.70. The second-order valence-corrected chi connectivity index (χ2v) is 1.12. The summed E-state index contributed by atoms with van der Waals surface area (Å²) in [5.74, 6) is -1.14. The minimum atomic E-state index is -1.14. The van der Waals surface area contributed by atoms with Crippen molar-refractivity contribution in [3.05, 3.63) is 18.6 Å². The summed E-state index contributed by atoms with van der Waals surface area (Å²) < 4.78 is 0. The molecule has 0 heterocycles. The summed E-state index contributed by atoms with van der Waals surface area (Å²) >= 11 is 0. The van der Waals surface area contributed by atoms with Gasteiger partial charge in [-0.05, 0) is 0 Å². The van der Waals surface area contributed by atoms with Gasteiger partial charge in [0.05, 0.1) is 6.07 Å². The number of hydrogen-bond donors (Lipinski definition) is 1. The third-order valence-electron chi connectivity index (χ3n) is 0.441. The van der Waals surface area contributed by atoms with E-state index in [4.69, 9.17) is 10.4 Å². The highest BCUT2D eigenvalue weighted by atomic mass is 16.4. The molecule has 0 saturated heterocycles. The Balaban J connectivity index is 3.61. The molecule has 0 amide bonds. The molecule has 3 heteroatoms.